The molecule has 0 fully saturated rings. The van der Waals surface area contributed by atoms with E-state index in [4.69, 9.17) is 0 Å². The summed E-state index contributed by atoms with van der Waals surface area (Å²) in [4.78, 5) is 16.2. The second-order valence-corrected chi connectivity index (χ2v) is 12.3. The number of aromatic nitrogens is 3. The molecule has 5 aromatic rings. The van der Waals surface area contributed by atoms with Crippen LogP contribution >= 0.6 is 11.8 Å². The van der Waals surface area contributed by atoms with Crippen molar-refractivity contribution in [3.63, 3.8) is 0 Å². The van der Waals surface area contributed by atoms with Crippen LogP contribution in [0.4, 0.5) is 0 Å². The van der Waals surface area contributed by atoms with Crippen LogP contribution in [-0.2, 0) is 29.7 Å². The number of rotatable bonds is 8. The van der Waals surface area contributed by atoms with Crippen molar-refractivity contribution in [1.82, 2.24) is 15.0 Å². The van der Waals surface area contributed by atoms with Gasteiger partial charge in [-0.3, -0.25) is 4.79 Å². The number of benzene rings is 4. The molecule has 1 heterocycles. The van der Waals surface area contributed by atoms with E-state index in [1.807, 2.05) is 85.8 Å². The van der Waals surface area contributed by atoms with E-state index in [-0.39, 0.29) is 23.6 Å². The Bertz CT molecular complexity index is 1670. The monoisotopic (exact) mass is 551 g/mol. The number of fused-ring (bicyclic) bond motifs is 1. The second-order valence-electron chi connectivity index (χ2n) is 11.2. The Balaban J connectivity index is 1.28. The quantitative estimate of drug-likeness (QED) is 0.222. The molecular formula is C33H33N3O3S. The van der Waals surface area contributed by atoms with Crippen molar-refractivity contribution in [3.8, 4) is 11.4 Å². The van der Waals surface area contributed by atoms with Gasteiger partial charge in [-0.2, -0.15) is 0 Å². The number of phenolic OH excluding ortho intramolecular Hbond substituents is 1. The molecule has 2 N–H and O–H groups in total. The maximum absolute atomic E-state index is 12.6. The number of aromatic hydroxyl groups is 1. The molecular weight excluding hydrogens is 518 g/mol. The minimum absolute atomic E-state index is 0.00295. The number of carbonyl (C=O) groups excluding carboxylic acids is 1. The molecule has 204 valence electrons. The van der Waals surface area contributed by atoms with E-state index >= 15 is 0 Å². The van der Waals surface area contributed by atoms with Crippen LogP contribution in [-0.4, -0.2) is 31.0 Å². The Hall–Kier alpha value is -3.94. The zero-order chi connectivity index (χ0) is 28.4. The number of aryl methyl sites for hydroxylation is 1. The van der Waals surface area contributed by atoms with Gasteiger partial charge in [0.25, 0.3) is 0 Å². The van der Waals surface area contributed by atoms with Crippen LogP contribution in [0.5, 0.6) is 5.75 Å². The number of carbonyl (C=O) groups is 1. The molecule has 4 aromatic carbocycles. The summed E-state index contributed by atoms with van der Waals surface area (Å²) in [5.41, 5.74) is 6.54. The standard InChI is InChI=1S/C33H33N3O3S/c1-21-15-28(33(2,3)4)32(39)31(16-21)36-34-29-14-13-27(19-30(29)35-36)40-26-11-9-23(10-12-26)18-25(38)17-22-5-7-24(20-37)8-6-22/h5-16,19,37,39H,17-18,20H2,1-4H3. The summed E-state index contributed by atoms with van der Waals surface area (Å²) < 4.78 is 0. The number of hydrogen-bond acceptors (Lipinski definition) is 6. The van der Waals surface area contributed by atoms with E-state index in [1.54, 1.807) is 11.8 Å². The summed E-state index contributed by atoms with van der Waals surface area (Å²) in [6.07, 6.45) is 0.755. The highest BCUT2D eigenvalue weighted by Crippen LogP contribution is 2.36. The lowest BCUT2D eigenvalue weighted by molar-refractivity contribution is -0.117. The van der Waals surface area contributed by atoms with Gasteiger partial charge >= 0.3 is 0 Å². The second kappa shape index (κ2) is 11.3. The molecule has 0 spiro atoms. The van der Waals surface area contributed by atoms with Gasteiger partial charge in [-0.1, -0.05) is 75.0 Å². The molecule has 40 heavy (non-hydrogen) atoms. The van der Waals surface area contributed by atoms with E-state index in [9.17, 15) is 15.0 Å². The average Bonchev–Trinajstić information content (AvgIpc) is 3.34. The summed E-state index contributed by atoms with van der Waals surface area (Å²) >= 11 is 1.62. The summed E-state index contributed by atoms with van der Waals surface area (Å²) in [6.45, 7) is 8.24. The maximum atomic E-state index is 12.6. The molecule has 0 amide bonds. The molecule has 0 saturated carbocycles. The molecule has 0 atom stereocenters. The van der Waals surface area contributed by atoms with Gasteiger partial charge in [0.15, 0.2) is 0 Å². The van der Waals surface area contributed by atoms with Gasteiger partial charge < -0.3 is 10.2 Å². The van der Waals surface area contributed by atoms with Crippen LogP contribution in [0.25, 0.3) is 16.7 Å². The number of Topliss-reactive ketones (excluding diaryl/α,β-unsaturated/α-hetero) is 1. The van der Waals surface area contributed by atoms with Crippen molar-refractivity contribution in [2.24, 2.45) is 0 Å². The summed E-state index contributed by atoms with van der Waals surface area (Å²) in [7, 11) is 0. The molecule has 1 aromatic heterocycles. The van der Waals surface area contributed by atoms with Crippen molar-refractivity contribution >= 4 is 28.6 Å². The van der Waals surface area contributed by atoms with E-state index in [0.717, 1.165) is 48.6 Å². The van der Waals surface area contributed by atoms with E-state index in [0.29, 0.717) is 18.5 Å². The van der Waals surface area contributed by atoms with Gasteiger partial charge in [0.1, 0.15) is 28.3 Å². The summed E-state index contributed by atoms with van der Waals surface area (Å²) in [6, 6.07) is 25.4. The normalized spacial score (nSPS) is 11.7. The molecule has 0 bridgehead atoms. The van der Waals surface area contributed by atoms with Gasteiger partial charge in [-0.05, 0) is 71.0 Å². The van der Waals surface area contributed by atoms with Gasteiger partial charge in [0.2, 0.25) is 0 Å². The first-order valence-corrected chi connectivity index (χ1v) is 14.1. The smallest absolute Gasteiger partial charge is 0.146 e. The largest absolute Gasteiger partial charge is 0.505 e. The molecule has 5 rings (SSSR count). The molecule has 6 nitrogen and oxygen atoms in total. The third kappa shape index (κ3) is 6.27. The van der Waals surface area contributed by atoms with Crippen molar-refractivity contribution in [3.05, 3.63) is 107 Å². The van der Waals surface area contributed by atoms with Crippen LogP contribution in [0.1, 0.15) is 48.6 Å². The number of nitrogens with zero attached hydrogens (tertiary/aromatic N) is 3. The Kier molecular flexibility index (Phi) is 7.79. The number of hydrogen-bond donors (Lipinski definition) is 2. The SMILES string of the molecule is Cc1cc(-n2nc3ccc(Sc4ccc(CC(=O)Cc5ccc(CO)cc5)cc4)cc3n2)c(O)c(C(C)(C)C)c1. The summed E-state index contributed by atoms with van der Waals surface area (Å²) in [5, 5.41) is 29.5. The van der Waals surface area contributed by atoms with Crippen LogP contribution in [0.2, 0.25) is 0 Å². The number of phenols is 1. The topological polar surface area (TPSA) is 88.2 Å². The van der Waals surface area contributed by atoms with Crippen LogP contribution in [0, 0.1) is 6.92 Å². The van der Waals surface area contributed by atoms with Crippen molar-refractivity contribution in [2.75, 3.05) is 0 Å². The Morgan fingerprint density at radius 3 is 2.00 bits per heavy atom. The Morgan fingerprint density at radius 1 is 0.800 bits per heavy atom. The van der Waals surface area contributed by atoms with Crippen molar-refractivity contribution in [2.45, 2.75) is 62.3 Å². The first kappa shape index (κ1) is 27.6. The van der Waals surface area contributed by atoms with Gasteiger partial charge in [0, 0.05) is 28.2 Å². The molecule has 0 aliphatic heterocycles. The first-order valence-electron chi connectivity index (χ1n) is 13.3. The molecule has 0 aliphatic carbocycles. The minimum Gasteiger partial charge on any atom is -0.505 e. The zero-order valence-corrected chi connectivity index (χ0v) is 24.0. The fourth-order valence-corrected chi connectivity index (χ4v) is 5.49. The lowest BCUT2D eigenvalue weighted by atomic mass is 9.85. The van der Waals surface area contributed by atoms with Crippen LogP contribution in [0.15, 0.2) is 88.7 Å². The average molecular weight is 552 g/mol. The van der Waals surface area contributed by atoms with Crippen LogP contribution < -0.4 is 0 Å². The molecule has 7 heteroatoms. The lowest BCUT2D eigenvalue weighted by Crippen LogP contribution is -2.13. The maximum Gasteiger partial charge on any atom is 0.146 e. The zero-order valence-electron chi connectivity index (χ0n) is 23.2. The molecule has 0 aliphatic rings. The summed E-state index contributed by atoms with van der Waals surface area (Å²) in [5.74, 6) is 0.353. The van der Waals surface area contributed by atoms with E-state index in [1.165, 1.54) is 4.80 Å². The van der Waals surface area contributed by atoms with Crippen molar-refractivity contribution < 1.29 is 15.0 Å². The molecule has 0 unspecified atom stereocenters. The van der Waals surface area contributed by atoms with E-state index in [2.05, 4.69) is 31.0 Å². The molecule has 0 radical (unpaired) electrons. The number of aliphatic hydroxyl groups is 1. The Labute approximate surface area is 238 Å². The van der Waals surface area contributed by atoms with Gasteiger partial charge in [0.05, 0.1) is 6.61 Å². The first-order chi connectivity index (χ1) is 19.1. The fourth-order valence-electron chi connectivity index (χ4n) is 4.64. The highest BCUT2D eigenvalue weighted by atomic mass is 32.2. The number of ketones is 1. The highest BCUT2D eigenvalue weighted by Gasteiger charge is 2.22. The van der Waals surface area contributed by atoms with E-state index < -0.39 is 0 Å². The highest BCUT2D eigenvalue weighted by molar-refractivity contribution is 7.99. The minimum atomic E-state index is -0.211. The lowest BCUT2D eigenvalue weighted by Gasteiger charge is -2.22. The van der Waals surface area contributed by atoms with Gasteiger partial charge in [-0.15, -0.1) is 15.0 Å². The third-order valence-corrected chi connectivity index (χ3v) is 7.77. The predicted molar refractivity (Wildman–Crippen MR) is 159 cm³/mol. The number of aliphatic hydroxyl groups excluding tert-OH is 1. The molecule has 0 saturated heterocycles. The van der Waals surface area contributed by atoms with Crippen molar-refractivity contribution in [1.29, 1.82) is 0 Å². The third-order valence-electron chi connectivity index (χ3n) is 6.78. The Morgan fingerprint density at radius 2 is 1.38 bits per heavy atom. The van der Waals surface area contributed by atoms with Gasteiger partial charge in [-0.25, -0.2) is 0 Å². The van der Waals surface area contributed by atoms with Crippen LogP contribution in [0.3, 0.4) is 0 Å². The predicted octanol–water partition coefficient (Wildman–Crippen LogP) is 6.73. The fraction of sp³-hybridized carbons (Fsp3) is 0.242.